The molecule has 0 amide bonds. The summed E-state index contributed by atoms with van der Waals surface area (Å²) in [7, 11) is 0. The van der Waals surface area contributed by atoms with Crippen molar-refractivity contribution < 1.29 is 0 Å². The first kappa shape index (κ1) is 10.2. The molecule has 2 aromatic rings. The molecule has 2 N–H and O–H groups in total. The van der Waals surface area contributed by atoms with Gasteiger partial charge in [-0.2, -0.15) is 0 Å². The van der Waals surface area contributed by atoms with E-state index in [4.69, 9.17) is 0 Å². The average molecular weight is 273 g/mol. The molecule has 0 aromatic carbocycles. The second-order valence-electron chi connectivity index (χ2n) is 3.02. The summed E-state index contributed by atoms with van der Waals surface area (Å²) in [5.41, 5.74) is -0.117. The number of aromatic amines is 2. The van der Waals surface area contributed by atoms with E-state index in [0.717, 1.165) is 0 Å². The van der Waals surface area contributed by atoms with Crippen LogP contribution in [-0.2, 0) is 11.9 Å². The number of fused-ring (bicyclic) bond motifs is 1. The number of aryl methyl sites for hydroxylation is 1. The van der Waals surface area contributed by atoms with Gasteiger partial charge in [-0.05, 0) is 6.92 Å². The Hall–Kier alpha value is -1.37. The number of halogens is 1. The molecular formula is C8H9BrN4O2. The molecule has 80 valence electrons. The zero-order valence-electron chi connectivity index (χ0n) is 8.00. The third-order valence-electron chi connectivity index (χ3n) is 2.12. The normalized spacial score (nSPS) is 11.1. The van der Waals surface area contributed by atoms with E-state index in [-0.39, 0.29) is 0 Å². The predicted octanol–water partition coefficient (Wildman–Crippen LogP) is 0.328. The number of rotatable bonds is 2. The van der Waals surface area contributed by atoms with Crippen LogP contribution in [0.1, 0.15) is 12.7 Å². The van der Waals surface area contributed by atoms with Gasteiger partial charge < -0.3 is 4.98 Å². The highest BCUT2D eigenvalue weighted by molar-refractivity contribution is 9.08. The molecule has 7 heteroatoms. The number of imidazole rings is 1. The Bertz CT molecular complexity index is 609. The highest BCUT2D eigenvalue weighted by Crippen LogP contribution is 2.07. The quantitative estimate of drug-likeness (QED) is 0.773. The van der Waals surface area contributed by atoms with Crippen molar-refractivity contribution in [1.82, 2.24) is 19.5 Å². The molecule has 0 aliphatic rings. The summed E-state index contributed by atoms with van der Waals surface area (Å²) >= 11 is 3.23. The van der Waals surface area contributed by atoms with E-state index < -0.39 is 11.2 Å². The average Bonchev–Trinajstić information content (AvgIpc) is 2.62. The van der Waals surface area contributed by atoms with E-state index in [2.05, 4.69) is 30.9 Å². The largest absolute Gasteiger partial charge is 0.335 e. The number of aromatic nitrogens is 4. The maximum absolute atomic E-state index is 11.4. The Labute approximate surface area is 92.5 Å². The Kier molecular flexibility index (Phi) is 2.47. The molecule has 0 saturated carbocycles. The van der Waals surface area contributed by atoms with Gasteiger partial charge in [-0.15, -0.1) is 0 Å². The van der Waals surface area contributed by atoms with Crippen molar-refractivity contribution in [2.24, 2.45) is 0 Å². The van der Waals surface area contributed by atoms with Crippen molar-refractivity contribution in [2.45, 2.75) is 18.8 Å². The van der Waals surface area contributed by atoms with Crippen molar-refractivity contribution in [3.8, 4) is 0 Å². The topological polar surface area (TPSA) is 83.5 Å². The number of hydrogen-bond acceptors (Lipinski definition) is 3. The molecule has 0 spiro atoms. The van der Waals surface area contributed by atoms with Crippen LogP contribution < -0.4 is 11.2 Å². The molecule has 6 nitrogen and oxygen atoms in total. The Morgan fingerprint density at radius 2 is 2.13 bits per heavy atom. The smallest absolute Gasteiger partial charge is 0.330 e. The zero-order valence-corrected chi connectivity index (χ0v) is 9.59. The summed E-state index contributed by atoms with van der Waals surface area (Å²) in [5, 5.41) is 0.513. The Morgan fingerprint density at radius 3 is 2.73 bits per heavy atom. The molecule has 0 bridgehead atoms. The number of hydrogen-bond donors (Lipinski definition) is 2. The first-order chi connectivity index (χ1) is 7.17. The molecule has 0 fully saturated rings. The third kappa shape index (κ3) is 1.52. The molecular weight excluding hydrogens is 264 g/mol. The number of nitrogens with zero attached hydrogens (tertiary/aromatic N) is 2. The third-order valence-corrected chi connectivity index (χ3v) is 2.66. The molecule has 2 aromatic heterocycles. The van der Waals surface area contributed by atoms with Crippen molar-refractivity contribution in [2.75, 3.05) is 0 Å². The van der Waals surface area contributed by atoms with Crippen LogP contribution >= 0.6 is 15.9 Å². The van der Waals surface area contributed by atoms with Gasteiger partial charge in [0.15, 0.2) is 5.65 Å². The van der Waals surface area contributed by atoms with Crippen LogP contribution in [0.4, 0.5) is 0 Å². The highest BCUT2D eigenvalue weighted by Gasteiger charge is 2.10. The summed E-state index contributed by atoms with van der Waals surface area (Å²) in [6.07, 6.45) is 0. The van der Waals surface area contributed by atoms with E-state index in [9.17, 15) is 9.59 Å². The number of alkyl halides is 1. The van der Waals surface area contributed by atoms with Crippen LogP contribution in [0.2, 0.25) is 0 Å². The molecule has 0 unspecified atom stereocenters. The van der Waals surface area contributed by atoms with Crippen molar-refractivity contribution in [1.29, 1.82) is 0 Å². The summed E-state index contributed by atoms with van der Waals surface area (Å²) < 4.78 is 1.42. The van der Waals surface area contributed by atoms with Gasteiger partial charge in [0.05, 0.1) is 5.33 Å². The van der Waals surface area contributed by atoms with Gasteiger partial charge in [-0.25, -0.2) is 9.78 Å². The maximum atomic E-state index is 11.4. The lowest BCUT2D eigenvalue weighted by molar-refractivity contribution is 0.719. The lowest BCUT2D eigenvalue weighted by Crippen LogP contribution is -2.29. The highest BCUT2D eigenvalue weighted by atomic mass is 79.9. The minimum Gasteiger partial charge on any atom is -0.335 e. The standard InChI is InChI=1S/C8H9BrN4O2/c1-2-13-6-5(7(14)12-8(13)15)10-4(3-9)11-6/h2-3H2,1H3,(H,10,11)(H,12,14,15). The number of nitrogens with one attached hydrogen (secondary N) is 2. The minimum atomic E-state index is -0.431. The number of H-pyrrole nitrogens is 2. The van der Waals surface area contributed by atoms with Gasteiger partial charge in [0.25, 0.3) is 5.56 Å². The Balaban J connectivity index is 2.94. The van der Waals surface area contributed by atoms with Gasteiger partial charge in [-0.1, -0.05) is 15.9 Å². The van der Waals surface area contributed by atoms with E-state index in [1.165, 1.54) is 4.57 Å². The summed E-state index contributed by atoms with van der Waals surface area (Å²) in [5.74, 6) is 0.628. The summed E-state index contributed by atoms with van der Waals surface area (Å²) in [6, 6.07) is 0. The molecule has 2 rings (SSSR count). The fourth-order valence-electron chi connectivity index (χ4n) is 1.45. The maximum Gasteiger partial charge on any atom is 0.330 e. The first-order valence-corrected chi connectivity index (χ1v) is 5.57. The molecule has 0 aliphatic carbocycles. The van der Waals surface area contributed by atoms with Crippen LogP contribution in [0.15, 0.2) is 9.59 Å². The van der Waals surface area contributed by atoms with E-state index in [0.29, 0.717) is 28.9 Å². The second kappa shape index (κ2) is 3.65. The van der Waals surface area contributed by atoms with Crippen LogP contribution in [-0.4, -0.2) is 19.5 Å². The fraction of sp³-hybridized carbons (Fsp3) is 0.375. The second-order valence-corrected chi connectivity index (χ2v) is 3.58. The van der Waals surface area contributed by atoms with Crippen LogP contribution in [0.25, 0.3) is 11.2 Å². The van der Waals surface area contributed by atoms with E-state index >= 15 is 0 Å². The SMILES string of the molecule is CCn1c(=O)[nH]c(=O)c2[nH]c(CBr)nc21. The molecule has 0 atom stereocenters. The van der Waals surface area contributed by atoms with Gasteiger partial charge in [-0.3, -0.25) is 14.3 Å². The zero-order chi connectivity index (χ0) is 11.0. The van der Waals surface area contributed by atoms with Crippen LogP contribution in [0.3, 0.4) is 0 Å². The van der Waals surface area contributed by atoms with E-state index in [1.54, 1.807) is 0 Å². The van der Waals surface area contributed by atoms with Crippen molar-refractivity contribution >= 4 is 27.1 Å². The lowest BCUT2D eigenvalue weighted by atomic mass is 10.5. The lowest BCUT2D eigenvalue weighted by Gasteiger charge is -1.99. The summed E-state index contributed by atoms with van der Waals surface area (Å²) in [4.78, 5) is 32.1. The molecule has 2 heterocycles. The minimum absolute atomic E-state index is 0.339. The Morgan fingerprint density at radius 1 is 1.40 bits per heavy atom. The fourth-order valence-corrected chi connectivity index (χ4v) is 1.71. The predicted molar refractivity (Wildman–Crippen MR) is 59.3 cm³/mol. The van der Waals surface area contributed by atoms with Gasteiger partial charge in [0.1, 0.15) is 11.3 Å². The van der Waals surface area contributed by atoms with E-state index in [1.807, 2.05) is 6.92 Å². The van der Waals surface area contributed by atoms with Gasteiger partial charge in [0.2, 0.25) is 0 Å². The van der Waals surface area contributed by atoms with Crippen molar-refractivity contribution in [3.05, 3.63) is 26.7 Å². The van der Waals surface area contributed by atoms with Crippen LogP contribution in [0, 0.1) is 0 Å². The van der Waals surface area contributed by atoms with Gasteiger partial charge >= 0.3 is 5.69 Å². The molecule has 0 aliphatic heterocycles. The first-order valence-electron chi connectivity index (χ1n) is 4.45. The van der Waals surface area contributed by atoms with Crippen molar-refractivity contribution in [3.63, 3.8) is 0 Å². The summed E-state index contributed by atoms with van der Waals surface area (Å²) in [6.45, 7) is 2.29. The van der Waals surface area contributed by atoms with Gasteiger partial charge in [0, 0.05) is 6.54 Å². The molecule has 0 saturated heterocycles. The molecule has 15 heavy (non-hydrogen) atoms. The van der Waals surface area contributed by atoms with Crippen LogP contribution in [0.5, 0.6) is 0 Å². The molecule has 0 radical (unpaired) electrons. The monoisotopic (exact) mass is 272 g/mol.